The average molecular weight is 255 g/mol. The molecule has 1 fully saturated rings. The molecule has 3 N–H and O–H groups in total. The monoisotopic (exact) mass is 255 g/mol. The molecule has 0 amide bonds. The van der Waals surface area contributed by atoms with Crippen LogP contribution in [0.25, 0.3) is 0 Å². The molecule has 1 aliphatic rings. The molecule has 0 radical (unpaired) electrons. The number of nitrogens with one attached hydrogen (secondary N) is 1. The smallest absolute Gasteiger partial charge is 0.351 e. The van der Waals surface area contributed by atoms with E-state index in [4.69, 9.17) is 5.73 Å². The summed E-state index contributed by atoms with van der Waals surface area (Å²) in [6.07, 6.45) is 3.30. The van der Waals surface area contributed by atoms with Gasteiger partial charge in [0.15, 0.2) is 4.88 Å². The van der Waals surface area contributed by atoms with Gasteiger partial charge in [0.05, 0.1) is 12.1 Å². The van der Waals surface area contributed by atoms with Crippen LogP contribution >= 0.6 is 11.3 Å². The molecule has 6 heteroatoms. The number of hydrogen-bond acceptors (Lipinski definition) is 6. The van der Waals surface area contributed by atoms with Crippen LogP contribution in [0.3, 0.4) is 0 Å². The number of nitrogen functional groups attached to an aromatic ring is 1. The first-order chi connectivity index (χ1) is 8.20. The molecule has 2 rings (SSSR count). The second kappa shape index (κ2) is 5.46. The van der Waals surface area contributed by atoms with Crippen LogP contribution in [0, 0.1) is 5.92 Å². The normalized spacial score (nSPS) is 20.2. The first-order valence-electron chi connectivity index (χ1n) is 5.75. The number of nitrogens with zero attached hydrogens (tertiary/aromatic N) is 1. The predicted octanol–water partition coefficient (Wildman–Crippen LogP) is 1.05. The molecule has 0 spiro atoms. The SMILES string of the molecule is COC(=O)c1sc(CC2CCCNC2)nc1N. The number of carbonyl (C=O) groups excluding carboxylic acids is 1. The molecule has 1 unspecified atom stereocenters. The van der Waals surface area contributed by atoms with E-state index < -0.39 is 5.97 Å². The van der Waals surface area contributed by atoms with Crippen LogP contribution in [-0.4, -0.2) is 31.2 Å². The van der Waals surface area contributed by atoms with Gasteiger partial charge in [-0.2, -0.15) is 0 Å². The lowest BCUT2D eigenvalue weighted by Gasteiger charge is -2.21. The minimum atomic E-state index is -0.395. The lowest BCUT2D eigenvalue weighted by molar-refractivity contribution is 0.0607. The van der Waals surface area contributed by atoms with Gasteiger partial charge < -0.3 is 15.8 Å². The zero-order valence-corrected chi connectivity index (χ0v) is 10.7. The highest BCUT2D eigenvalue weighted by atomic mass is 32.1. The summed E-state index contributed by atoms with van der Waals surface area (Å²) in [4.78, 5) is 16.1. The molecule has 1 aromatic rings. The Morgan fingerprint density at radius 3 is 3.18 bits per heavy atom. The third-order valence-corrected chi connectivity index (χ3v) is 4.00. The third kappa shape index (κ3) is 2.95. The van der Waals surface area contributed by atoms with Crippen molar-refractivity contribution in [3.8, 4) is 0 Å². The maximum atomic E-state index is 11.4. The maximum Gasteiger partial charge on any atom is 0.351 e. The number of esters is 1. The van der Waals surface area contributed by atoms with Gasteiger partial charge in [-0.25, -0.2) is 9.78 Å². The van der Waals surface area contributed by atoms with Crippen molar-refractivity contribution in [3.63, 3.8) is 0 Å². The highest BCUT2D eigenvalue weighted by molar-refractivity contribution is 7.14. The molecule has 0 bridgehead atoms. The van der Waals surface area contributed by atoms with Gasteiger partial charge >= 0.3 is 5.97 Å². The molecule has 1 atom stereocenters. The second-order valence-electron chi connectivity index (χ2n) is 4.23. The van der Waals surface area contributed by atoms with Crippen LogP contribution in [-0.2, 0) is 11.2 Å². The van der Waals surface area contributed by atoms with Gasteiger partial charge in [-0.3, -0.25) is 0 Å². The summed E-state index contributed by atoms with van der Waals surface area (Å²) in [5.74, 6) is 0.494. The number of hydrogen-bond donors (Lipinski definition) is 2. The van der Waals surface area contributed by atoms with Crippen molar-refractivity contribution in [3.05, 3.63) is 9.88 Å². The Morgan fingerprint density at radius 2 is 2.53 bits per heavy atom. The van der Waals surface area contributed by atoms with Crippen molar-refractivity contribution in [2.45, 2.75) is 19.3 Å². The van der Waals surface area contributed by atoms with Crippen molar-refractivity contribution >= 4 is 23.1 Å². The van der Waals surface area contributed by atoms with Crippen molar-refractivity contribution in [1.82, 2.24) is 10.3 Å². The Labute approximate surface area is 104 Å². The van der Waals surface area contributed by atoms with Crippen LogP contribution in [0.2, 0.25) is 0 Å². The number of piperidine rings is 1. The Bertz CT molecular complexity index is 399. The molecule has 0 saturated carbocycles. The van der Waals surface area contributed by atoms with Gasteiger partial charge in [-0.15, -0.1) is 11.3 Å². The molecular weight excluding hydrogens is 238 g/mol. The number of nitrogens with two attached hydrogens (primary N) is 1. The lowest BCUT2D eigenvalue weighted by Crippen LogP contribution is -2.30. The number of thiazole rings is 1. The van der Waals surface area contributed by atoms with E-state index in [1.54, 1.807) is 0 Å². The Morgan fingerprint density at radius 1 is 1.71 bits per heavy atom. The van der Waals surface area contributed by atoms with E-state index in [0.717, 1.165) is 24.5 Å². The highest BCUT2D eigenvalue weighted by Crippen LogP contribution is 2.25. The number of rotatable bonds is 3. The lowest BCUT2D eigenvalue weighted by atomic mass is 9.97. The summed E-state index contributed by atoms with van der Waals surface area (Å²) in [7, 11) is 1.35. The van der Waals surface area contributed by atoms with Gasteiger partial charge in [0.1, 0.15) is 5.82 Å². The largest absolute Gasteiger partial charge is 0.465 e. The van der Waals surface area contributed by atoms with Crippen molar-refractivity contribution in [2.75, 3.05) is 25.9 Å². The Kier molecular flexibility index (Phi) is 3.96. The van der Waals surface area contributed by atoms with E-state index in [-0.39, 0.29) is 0 Å². The van der Waals surface area contributed by atoms with E-state index in [1.165, 1.54) is 31.3 Å². The molecule has 0 aromatic carbocycles. The van der Waals surface area contributed by atoms with E-state index in [0.29, 0.717) is 16.6 Å². The predicted molar refractivity (Wildman–Crippen MR) is 67.2 cm³/mol. The van der Waals surface area contributed by atoms with E-state index >= 15 is 0 Å². The summed E-state index contributed by atoms with van der Waals surface area (Å²) in [5.41, 5.74) is 5.71. The summed E-state index contributed by atoms with van der Waals surface area (Å²) in [5, 5.41) is 4.29. The van der Waals surface area contributed by atoms with Crippen LogP contribution in [0.5, 0.6) is 0 Å². The Hall–Kier alpha value is -1.14. The zero-order chi connectivity index (χ0) is 12.3. The fourth-order valence-electron chi connectivity index (χ4n) is 2.05. The van der Waals surface area contributed by atoms with Gasteiger partial charge in [-0.05, 0) is 31.8 Å². The summed E-state index contributed by atoms with van der Waals surface area (Å²) in [6, 6.07) is 0. The van der Waals surface area contributed by atoms with Gasteiger partial charge in [-0.1, -0.05) is 0 Å². The number of anilines is 1. The van der Waals surface area contributed by atoms with Crippen LogP contribution < -0.4 is 11.1 Å². The van der Waals surface area contributed by atoms with Crippen molar-refractivity contribution < 1.29 is 9.53 Å². The zero-order valence-electron chi connectivity index (χ0n) is 9.86. The van der Waals surface area contributed by atoms with E-state index in [1.807, 2.05) is 0 Å². The average Bonchev–Trinajstić information content (AvgIpc) is 2.70. The molecule has 17 heavy (non-hydrogen) atoms. The van der Waals surface area contributed by atoms with Crippen molar-refractivity contribution in [2.24, 2.45) is 5.92 Å². The van der Waals surface area contributed by atoms with Crippen LogP contribution in [0.1, 0.15) is 27.5 Å². The number of aromatic nitrogens is 1. The van der Waals surface area contributed by atoms with Gasteiger partial charge in [0, 0.05) is 6.42 Å². The molecular formula is C11H17N3O2S. The van der Waals surface area contributed by atoms with E-state index in [2.05, 4.69) is 15.0 Å². The molecule has 1 aliphatic heterocycles. The van der Waals surface area contributed by atoms with E-state index in [9.17, 15) is 4.79 Å². The topological polar surface area (TPSA) is 77.2 Å². The third-order valence-electron chi connectivity index (χ3n) is 2.93. The fourth-order valence-corrected chi connectivity index (χ4v) is 3.06. The molecule has 94 valence electrons. The first kappa shape index (κ1) is 12.3. The number of ether oxygens (including phenoxy) is 1. The second-order valence-corrected chi connectivity index (χ2v) is 5.31. The van der Waals surface area contributed by atoms with Crippen molar-refractivity contribution in [1.29, 1.82) is 0 Å². The molecule has 2 heterocycles. The van der Waals surface area contributed by atoms with Gasteiger partial charge in [0.2, 0.25) is 0 Å². The standard InChI is InChI=1S/C11H17N3O2S/c1-16-11(15)9-10(12)14-8(17-9)5-7-3-2-4-13-6-7/h7,13H,2-6,12H2,1H3. The molecule has 0 aliphatic carbocycles. The highest BCUT2D eigenvalue weighted by Gasteiger charge is 2.20. The summed E-state index contributed by atoms with van der Waals surface area (Å²) < 4.78 is 4.66. The summed E-state index contributed by atoms with van der Waals surface area (Å²) >= 11 is 1.35. The minimum Gasteiger partial charge on any atom is -0.465 e. The molecule has 1 aromatic heterocycles. The van der Waals surface area contributed by atoms with Gasteiger partial charge in [0.25, 0.3) is 0 Å². The van der Waals surface area contributed by atoms with Crippen LogP contribution in [0.4, 0.5) is 5.82 Å². The summed E-state index contributed by atoms with van der Waals surface area (Å²) in [6.45, 7) is 2.12. The number of carbonyl (C=O) groups is 1. The number of methoxy groups -OCH3 is 1. The fraction of sp³-hybridized carbons (Fsp3) is 0.636. The first-order valence-corrected chi connectivity index (χ1v) is 6.56. The molecule has 5 nitrogen and oxygen atoms in total. The Balaban J connectivity index is 2.03. The minimum absolute atomic E-state index is 0.292. The quantitative estimate of drug-likeness (QED) is 0.790. The molecule has 1 saturated heterocycles. The van der Waals surface area contributed by atoms with Crippen LogP contribution in [0.15, 0.2) is 0 Å². The maximum absolute atomic E-state index is 11.4.